The van der Waals surface area contributed by atoms with Gasteiger partial charge in [0.05, 0.1) is 6.42 Å². The van der Waals surface area contributed by atoms with Crippen molar-refractivity contribution in [1.29, 1.82) is 0 Å². The molecule has 0 N–H and O–H groups in total. The molecule has 17 heavy (non-hydrogen) atoms. The molecular formula is C12H9NO4. The lowest BCUT2D eigenvalue weighted by Crippen LogP contribution is -2.12. The Morgan fingerprint density at radius 3 is 2.65 bits per heavy atom. The van der Waals surface area contributed by atoms with E-state index in [1.54, 1.807) is 12.1 Å². The van der Waals surface area contributed by atoms with Gasteiger partial charge in [-0.05, 0) is 16.3 Å². The average molecular weight is 231 g/mol. The number of hydrogen-bond donors (Lipinski definition) is 0. The van der Waals surface area contributed by atoms with E-state index in [1.807, 2.05) is 30.3 Å². The zero-order chi connectivity index (χ0) is 12.3. The van der Waals surface area contributed by atoms with Crippen molar-refractivity contribution in [1.82, 2.24) is 0 Å². The zero-order valence-corrected chi connectivity index (χ0v) is 8.83. The van der Waals surface area contributed by atoms with Crippen LogP contribution >= 0.6 is 0 Å². The van der Waals surface area contributed by atoms with E-state index in [-0.39, 0.29) is 6.42 Å². The van der Waals surface area contributed by atoms with E-state index in [2.05, 4.69) is 4.84 Å². The Kier molecular flexibility index (Phi) is 3.00. The molecule has 0 aliphatic rings. The first kappa shape index (κ1) is 11.1. The molecule has 0 fully saturated rings. The molecule has 0 heterocycles. The third kappa shape index (κ3) is 2.57. The van der Waals surface area contributed by atoms with Crippen LogP contribution in [0.15, 0.2) is 42.5 Å². The quantitative estimate of drug-likeness (QED) is 0.599. The van der Waals surface area contributed by atoms with E-state index < -0.39 is 11.1 Å². The Morgan fingerprint density at radius 2 is 1.88 bits per heavy atom. The maximum atomic E-state index is 11.2. The molecule has 0 spiro atoms. The lowest BCUT2D eigenvalue weighted by atomic mass is 10.0. The second-order valence-corrected chi connectivity index (χ2v) is 3.50. The van der Waals surface area contributed by atoms with Crippen LogP contribution in [0.25, 0.3) is 10.8 Å². The van der Waals surface area contributed by atoms with Gasteiger partial charge in [0.2, 0.25) is 0 Å². The fraction of sp³-hybridized carbons (Fsp3) is 0.0833. The molecule has 0 aromatic heterocycles. The fourth-order valence-corrected chi connectivity index (χ4v) is 1.72. The summed E-state index contributed by atoms with van der Waals surface area (Å²) in [6, 6.07) is 13.0. The first-order valence-corrected chi connectivity index (χ1v) is 4.98. The van der Waals surface area contributed by atoms with Crippen molar-refractivity contribution in [3.63, 3.8) is 0 Å². The van der Waals surface area contributed by atoms with Crippen LogP contribution in [0.5, 0.6) is 0 Å². The highest BCUT2D eigenvalue weighted by Crippen LogP contribution is 2.19. The Bertz CT molecular complexity index is 574. The van der Waals surface area contributed by atoms with E-state index in [0.29, 0.717) is 0 Å². The molecular weight excluding hydrogens is 222 g/mol. The molecule has 0 unspecified atom stereocenters. The first-order chi connectivity index (χ1) is 8.16. The van der Waals surface area contributed by atoms with E-state index in [0.717, 1.165) is 16.3 Å². The Morgan fingerprint density at radius 1 is 1.18 bits per heavy atom. The van der Waals surface area contributed by atoms with Crippen molar-refractivity contribution in [2.45, 2.75) is 6.42 Å². The Labute approximate surface area is 96.7 Å². The summed E-state index contributed by atoms with van der Waals surface area (Å²) in [4.78, 5) is 25.1. The van der Waals surface area contributed by atoms with E-state index >= 15 is 0 Å². The Hall–Kier alpha value is -2.43. The summed E-state index contributed by atoms with van der Waals surface area (Å²) in [5.74, 6) is -0.869. The van der Waals surface area contributed by atoms with Gasteiger partial charge in [-0.25, -0.2) is 4.84 Å². The number of carbonyl (C=O) groups is 1. The minimum absolute atomic E-state index is 0.109. The fourth-order valence-electron chi connectivity index (χ4n) is 1.72. The first-order valence-electron chi connectivity index (χ1n) is 4.98. The summed E-state index contributed by atoms with van der Waals surface area (Å²) in [7, 11) is 0. The second kappa shape index (κ2) is 4.61. The van der Waals surface area contributed by atoms with Gasteiger partial charge < -0.3 is 0 Å². The summed E-state index contributed by atoms with van der Waals surface area (Å²) in [5, 5.41) is 10.8. The topological polar surface area (TPSA) is 69.4 Å². The number of benzene rings is 2. The predicted molar refractivity (Wildman–Crippen MR) is 60.7 cm³/mol. The summed E-state index contributed by atoms with van der Waals surface area (Å²) in [5.41, 5.74) is 0.718. The maximum Gasteiger partial charge on any atom is 0.308 e. The molecule has 0 radical (unpaired) electrons. The average Bonchev–Trinajstić information content (AvgIpc) is 2.28. The molecule has 2 aromatic carbocycles. The second-order valence-electron chi connectivity index (χ2n) is 3.50. The van der Waals surface area contributed by atoms with Crippen LogP contribution in [-0.4, -0.2) is 11.1 Å². The maximum absolute atomic E-state index is 11.2. The lowest BCUT2D eigenvalue weighted by molar-refractivity contribution is -0.729. The zero-order valence-electron chi connectivity index (χ0n) is 8.83. The van der Waals surface area contributed by atoms with Crippen LogP contribution in [0, 0.1) is 10.1 Å². The van der Waals surface area contributed by atoms with Gasteiger partial charge in [0.25, 0.3) is 0 Å². The van der Waals surface area contributed by atoms with Crippen molar-refractivity contribution in [2.75, 3.05) is 0 Å². The van der Waals surface area contributed by atoms with Gasteiger partial charge >= 0.3 is 11.1 Å². The van der Waals surface area contributed by atoms with Gasteiger partial charge in [0.15, 0.2) is 0 Å². The third-order valence-corrected chi connectivity index (χ3v) is 2.39. The van der Waals surface area contributed by atoms with E-state index in [9.17, 15) is 14.9 Å². The van der Waals surface area contributed by atoms with Crippen LogP contribution in [-0.2, 0) is 16.1 Å². The minimum Gasteiger partial charge on any atom is -0.268 e. The number of carbonyl (C=O) groups excluding carboxylic acids is 1. The molecule has 5 heteroatoms. The van der Waals surface area contributed by atoms with Crippen molar-refractivity contribution in [2.24, 2.45) is 0 Å². The SMILES string of the molecule is O=C(Cc1cccc2ccccc12)O[N+](=O)[O-]. The standard InChI is InChI=1S/C12H9NO4/c14-12(17-13(15)16)8-10-6-3-5-9-4-1-2-7-11(9)10/h1-7H,8H2. The van der Waals surface area contributed by atoms with Crippen LogP contribution in [0.1, 0.15) is 5.56 Å². The monoisotopic (exact) mass is 231 g/mol. The summed E-state index contributed by atoms with van der Waals surface area (Å²) >= 11 is 0. The van der Waals surface area contributed by atoms with Crippen molar-refractivity contribution in [3.8, 4) is 0 Å². The van der Waals surface area contributed by atoms with E-state index in [4.69, 9.17) is 0 Å². The largest absolute Gasteiger partial charge is 0.308 e. The highest BCUT2D eigenvalue weighted by molar-refractivity contribution is 5.88. The Balaban J connectivity index is 2.30. The molecule has 86 valence electrons. The number of rotatable bonds is 3. The van der Waals surface area contributed by atoms with Crippen molar-refractivity contribution < 1.29 is 14.7 Å². The molecule has 0 amide bonds. The molecule has 0 aliphatic carbocycles. The number of fused-ring (bicyclic) bond motifs is 1. The van der Waals surface area contributed by atoms with Gasteiger partial charge in [-0.2, -0.15) is 0 Å². The molecule has 2 aromatic rings. The lowest BCUT2D eigenvalue weighted by Gasteiger charge is -2.04. The summed E-state index contributed by atoms with van der Waals surface area (Å²) in [6.45, 7) is 0. The molecule has 0 bridgehead atoms. The van der Waals surface area contributed by atoms with Gasteiger partial charge in [0, 0.05) is 0 Å². The molecule has 5 nitrogen and oxygen atoms in total. The summed E-state index contributed by atoms with van der Waals surface area (Å²) in [6.07, 6.45) is -0.109. The number of hydrogen-bond acceptors (Lipinski definition) is 4. The van der Waals surface area contributed by atoms with Crippen molar-refractivity contribution in [3.05, 3.63) is 58.1 Å². The number of nitrogens with zero attached hydrogens (tertiary/aromatic N) is 1. The highest BCUT2D eigenvalue weighted by atomic mass is 17.0. The van der Waals surface area contributed by atoms with Crippen LogP contribution in [0.4, 0.5) is 0 Å². The van der Waals surface area contributed by atoms with Gasteiger partial charge in [-0.1, -0.05) is 42.5 Å². The van der Waals surface area contributed by atoms with E-state index in [1.165, 1.54) is 0 Å². The third-order valence-electron chi connectivity index (χ3n) is 2.39. The molecule has 0 atom stereocenters. The van der Waals surface area contributed by atoms with Gasteiger partial charge in [0.1, 0.15) is 0 Å². The molecule has 0 aliphatic heterocycles. The molecule has 0 saturated carbocycles. The van der Waals surface area contributed by atoms with Crippen LogP contribution < -0.4 is 0 Å². The summed E-state index contributed by atoms with van der Waals surface area (Å²) < 4.78 is 0. The smallest absolute Gasteiger partial charge is 0.268 e. The minimum atomic E-state index is -1.09. The molecule has 0 saturated heterocycles. The normalized spacial score (nSPS) is 10.1. The van der Waals surface area contributed by atoms with Crippen LogP contribution in [0.3, 0.4) is 0 Å². The van der Waals surface area contributed by atoms with Gasteiger partial charge in [-0.3, -0.25) is 4.79 Å². The van der Waals surface area contributed by atoms with Crippen LogP contribution in [0.2, 0.25) is 0 Å². The predicted octanol–water partition coefficient (Wildman–Crippen LogP) is 2.12. The van der Waals surface area contributed by atoms with Crippen molar-refractivity contribution >= 4 is 16.7 Å². The van der Waals surface area contributed by atoms with Gasteiger partial charge in [-0.15, -0.1) is 10.1 Å². The highest BCUT2D eigenvalue weighted by Gasteiger charge is 2.10. The molecule has 2 rings (SSSR count).